The molecule has 0 aromatic carbocycles. The van der Waals surface area contributed by atoms with Crippen LogP contribution in [-0.4, -0.2) is 221 Å². The minimum atomic E-state index is -2.02. The molecule has 0 amide bonds. The van der Waals surface area contributed by atoms with Gasteiger partial charge in [-0.1, -0.05) is 0 Å². The average molecular weight is 667 g/mol. The summed E-state index contributed by atoms with van der Waals surface area (Å²) < 4.78 is 37.7. The lowest BCUT2D eigenvalue weighted by molar-refractivity contribution is -0.387. The highest BCUT2D eigenvalue weighted by atomic mass is 16.8. The van der Waals surface area contributed by atoms with Gasteiger partial charge in [-0.05, 0) is 0 Å². The van der Waals surface area contributed by atoms with E-state index in [1.807, 2.05) is 0 Å². The van der Waals surface area contributed by atoms with Crippen molar-refractivity contribution in [3.8, 4) is 0 Å². The third kappa shape index (κ3) is 7.44. The predicted molar refractivity (Wildman–Crippen MR) is 134 cm³/mol. The molecule has 1 unspecified atom stereocenters. The minimum absolute atomic E-state index is 0.784. The summed E-state index contributed by atoms with van der Waals surface area (Å²) in [6.07, 6.45) is -35.3. The molecule has 4 fully saturated rings. The van der Waals surface area contributed by atoms with Crippen LogP contribution in [0.25, 0.3) is 0 Å². The summed E-state index contributed by atoms with van der Waals surface area (Å²) in [5.41, 5.74) is 0. The lowest BCUT2D eigenvalue weighted by Crippen LogP contribution is -2.67. The largest absolute Gasteiger partial charge is 0.394 e. The molecule has 0 spiro atoms. The molecule has 14 N–H and O–H groups in total. The van der Waals surface area contributed by atoms with Gasteiger partial charge in [-0.2, -0.15) is 0 Å². The smallest absolute Gasteiger partial charge is 0.187 e. The molecular weight excluding hydrogens is 624 g/mol. The lowest BCUT2D eigenvalue weighted by atomic mass is 9.95. The van der Waals surface area contributed by atoms with E-state index >= 15 is 0 Å². The van der Waals surface area contributed by atoms with Gasteiger partial charge in [0, 0.05) is 0 Å². The first kappa shape index (κ1) is 37.0. The fraction of sp³-hybridized carbons (Fsp3) is 1.00. The van der Waals surface area contributed by atoms with E-state index in [9.17, 15) is 71.5 Å². The van der Waals surface area contributed by atoms with E-state index in [0.717, 1.165) is 0 Å². The zero-order chi connectivity index (χ0) is 33.3. The van der Waals surface area contributed by atoms with Crippen molar-refractivity contribution in [3.63, 3.8) is 0 Å². The molecular formula is C24H42O21. The lowest BCUT2D eigenvalue weighted by Gasteiger charge is -2.49. The van der Waals surface area contributed by atoms with Crippen molar-refractivity contribution in [2.45, 2.75) is 123 Å². The quantitative estimate of drug-likeness (QED) is 0.103. The summed E-state index contributed by atoms with van der Waals surface area (Å²) in [5.74, 6) is 0. The van der Waals surface area contributed by atoms with Gasteiger partial charge < -0.3 is 105 Å². The Labute approximate surface area is 254 Å². The van der Waals surface area contributed by atoms with Crippen molar-refractivity contribution in [2.24, 2.45) is 0 Å². The minimum Gasteiger partial charge on any atom is -0.394 e. The molecule has 4 rings (SSSR count). The molecule has 45 heavy (non-hydrogen) atoms. The normalized spacial score (nSPS) is 52.9. The molecule has 4 heterocycles. The first-order valence-electron chi connectivity index (χ1n) is 14.1. The van der Waals surface area contributed by atoms with Crippen LogP contribution < -0.4 is 0 Å². The van der Waals surface area contributed by atoms with E-state index in [-0.39, 0.29) is 0 Å². The second kappa shape index (κ2) is 15.6. The molecule has 0 aromatic heterocycles. The summed E-state index contributed by atoms with van der Waals surface area (Å²) in [6.45, 7) is -3.39. The molecule has 0 aliphatic carbocycles. The van der Waals surface area contributed by atoms with Crippen molar-refractivity contribution < 1.29 is 105 Å². The molecule has 20 atom stereocenters. The fourth-order valence-corrected chi connectivity index (χ4v) is 5.55. The van der Waals surface area contributed by atoms with Crippen LogP contribution in [0.2, 0.25) is 0 Å². The number of aliphatic hydroxyl groups is 14. The molecule has 21 heteroatoms. The molecule has 4 saturated heterocycles. The third-order valence-electron chi connectivity index (χ3n) is 8.20. The van der Waals surface area contributed by atoms with Gasteiger partial charge in [-0.15, -0.1) is 0 Å². The maximum Gasteiger partial charge on any atom is 0.187 e. The maximum absolute atomic E-state index is 10.9. The summed E-state index contributed by atoms with van der Waals surface area (Å²) in [7, 11) is 0. The Morgan fingerprint density at radius 3 is 1.02 bits per heavy atom. The third-order valence-corrected chi connectivity index (χ3v) is 8.20. The second-order valence-corrected chi connectivity index (χ2v) is 11.1. The van der Waals surface area contributed by atoms with Gasteiger partial charge >= 0.3 is 0 Å². The van der Waals surface area contributed by atoms with Gasteiger partial charge in [0.2, 0.25) is 0 Å². The maximum atomic E-state index is 10.9. The summed E-state index contributed by atoms with van der Waals surface area (Å²) >= 11 is 0. The molecule has 4 aliphatic heterocycles. The molecule has 0 aromatic rings. The summed E-state index contributed by atoms with van der Waals surface area (Å²) in [6, 6.07) is 0. The van der Waals surface area contributed by atoms with Crippen LogP contribution in [0.5, 0.6) is 0 Å². The highest BCUT2D eigenvalue weighted by Crippen LogP contribution is 2.34. The zero-order valence-corrected chi connectivity index (χ0v) is 23.5. The van der Waals surface area contributed by atoms with Crippen LogP contribution in [-0.2, 0) is 33.2 Å². The first-order valence-corrected chi connectivity index (χ1v) is 14.1. The van der Waals surface area contributed by atoms with Crippen LogP contribution in [0, 0.1) is 0 Å². The monoisotopic (exact) mass is 666 g/mol. The Kier molecular flexibility index (Phi) is 12.8. The van der Waals surface area contributed by atoms with Crippen molar-refractivity contribution in [3.05, 3.63) is 0 Å². The van der Waals surface area contributed by atoms with E-state index < -0.39 is 149 Å². The fourth-order valence-electron chi connectivity index (χ4n) is 5.55. The highest BCUT2D eigenvalue weighted by molar-refractivity contribution is 4.97. The molecule has 0 radical (unpaired) electrons. The van der Waals surface area contributed by atoms with Gasteiger partial charge in [0.05, 0.1) is 26.4 Å². The van der Waals surface area contributed by atoms with Crippen LogP contribution in [0.3, 0.4) is 0 Å². The molecule has 264 valence electrons. The Balaban J connectivity index is 1.43. The van der Waals surface area contributed by atoms with Gasteiger partial charge in [0.15, 0.2) is 25.2 Å². The molecule has 0 bridgehead atoms. The van der Waals surface area contributed by atoms with Gasteiger partial charge in [0.25, 0.3) is 0 Å². The molecule has 0 saturated carbocycles. The Hall–Kier alpha value is -0.840. The zero-order valence-electron chi connectivity index (χ0n) is 23.5. The van der Waals surface area contributed by atoms with Gasteiger partial charge in [-0.25, -0.2) is 0 Å². The Morgan fingerprint density at radius 2 is 0.644 bits per heavy atom. The van der Waals surface area contributed by atoms with E-state index in [1.165, 1.54) is 0 Å². The van der Waals surface area contributed by atoms with Crippen molar-refractivity contribution in [2.75, 3.05) is 26.4 Å². The van der Waals surface area contributed by atoms with Crippen LogP contribution in [0.15, 0.2) is 0 Å². The van der Waals surface area contributed by atoms with Gasteiger partial charge in [0.1, 0.15) is 97.7 Å². The van der Waals surface area contributed by atoms with E-state index in [1.54, 1.807) is 0 Å². The van der Waals surface area contributed by atoms with Crippen molar-refractivity contribution in [1.29, 1.82) is 0 Å². The predicted octanol–water partition coefficient (Wildman–Crippen LogP) is -9.75. The van der Waals surface area contributed by atoms with Gasteiger partial charge in [-0.3, -0.25) is 0 Å². The second-order valence-electron chi connectivity index (χ2n) is 11.1. The SMILES string of the molecule is OC[C@H]1O[C@@H](O[C@H]2[C@H](O)[C@@H](O)[C@H](O[C@H]3[C@H](O)[C@H](O)[C@H](O[C@H]4[C@H](O)[C@H](O)C(O)O[C@@H]4CO)O[C@@H]3CO)O[C@@H]2CO)[C@@H](O)[C@@H](O)[C@@H]1O. The number of aliphatic hydroxyl groups excluding tert-OH is 14. The highest BCUT2D eigenvalue weighted by Gasteiger charge is 2.55. The van der Waals surface area contributed by atoms with E-state index in [2.05, 4.69) is 0 Å². The number of rotatable bonds is 10. The Bertz CT molecular complexity index is 910. The average Bonchev–Trinajstić information content (AvgIpc) is 3.03. The number of ether oxygens (including phenoxy) is 7. The van der Waals surface area contributed by atoms with Crippen LogP contribution >= 0.6 is 0 Å². The van der Waals surface area contributed by atoms with Crippen molar-refractivity contribution >= 4 is 0 Å². The number of hydrogen-bond donors (Lipinski definition) is 14. The number of hydrogen-bond acceptors (Lipinski definition) is 21. The van der Waals surface area contributed by atoms with Crippen molar-refractivity contribution in [1.82, 2.24) is 0 Å². The van der Waals surface area contributed by atoms with Crippen LogP contribution in [0.4, 0.5) is 0 Å². The summed E-state index contributed by atoms with van der Waals surface area (Å²) in [5, 5.41) is 142. The Morgan fingerprint density at radius 1 is 0.333 bits per heavy atom. The van der Waals surface area contributed by atoms with E-state index in [0.29, 0.717) is 0 Å². The standard InChI is InChI=1S/C24H42O21/c25-1-5-9(29)10(30)15(35)22(40-5)44-19-7(3-27)42-24(17(37)12(19)32)45-20-8(4-28)41-23(16(36)13(20)33)43-18-6(2-26)39-21(38)14(34)11(18)31/h5-38H,1-4H2/t5-,6-,7-,8-,9-,10+,11-,12-,13-,14+,15+,16+,17-,18-,19-,20-,21?,22+,23+,24+/m1/s1. The molecule has 21 nitrogen and oxygen atoms in total. The summed E-state index contributed by atoms with van der Waals surface area (Å²) in [4.78, 5) is 0. The van der Waals surface area contributed by atoms with E-state index in [4.69, 9.17) is 33.2 Å². The molecule has 4 aliphatic rings. The first-order chi connectivity index (χ1) is 21.3. The topological polar surface area (TPSA) is 348 Å². The van der Waals surface area contributed by atoms with Crippen LogP contribution in [0.1, 0.15) is 0 Å².